The molecule has 0 aliphatic carbocycles. The van der Waals surface area contributed by atoms with Crippen LogP contribution in [0.1, 0.15) is 44.2 Å². The molecule has 4 rings (SSSR count). The summed E-state index contributed by atoms with van der Waals surface area (Å²) in [6.45, 7) is 5.85. The molecule has 0 radical (unpaired) electrons. The van der Waals surface area contributed by atoms with Crippen molar-refractivity contribution in [1.29, 1.82) is 0 Å². The van der Waals surface area contributed by atoms with Gasteiger partial charge in [0.15, 0.2) is 0 Å². The van der Waals surface area contributed by atoms with E-state index in [0.717, 1.165) is 37.4 Å². The van der Waals surface area contributed by atoms with Gasteiger partial charge in [0.2, 0.25) is 10.0 Å². The summed E-state index contributed by atoms with van der Waals surface area (Å²) in [5.74, 6) is -2.89. The molecule has 2 amide bonds. The van der Waals surface area contributed by atoms with Crippen LogP contribution in [0.25, 0.3) is 0 Å². The lowest BCUT2D eigenvalue weighted by Crippen LogP contribution is -2.58. The number of alkyl halides is 3. The van der Waals surface area contributed by atoms with Crippen molar-refractivity contribution in [3.63, 3.8) is 0 Å². The Labute approximate surface area is 293 Å². The van der Waals surface area contributed by atoms with Gasteiger partial charge in [0.1, 0.15) is 11.6 Å². The molecule has 4 atom stereocenters. The molecule has 1 aliphatic heterocycles. The predicted molar refractivity (Wildman–Crippen MR) is 180 cm³/mol. The first-order valence-electron chi connectivity index (χ1n) is 15.8. The number of halogens is 5. The molecule has 0 saturated carbocycles. The molecule has 3 aromatic rings. The molecule has 1 saturated heterocycles. The number of hydrogen-bond acceptors (Lipinski definition) is 8. The molecule has 0 unspecified atom stereocenters. The number of imide groups is 1. The van der Waals surface area contributed by atoms with Gasteiger partial charge in [-0.1, -0.05) is 43.6 Å². The van der Waals surface area contributed by atoms with Crippen molar-refractivity contribution < 1.29 is 45.0 Å². The maximum absolute atomic E-state index is 15.6. The van der Waals surface area contributed by atoms with Gasteiger partial charge >= 0.3 is 12.5 Å². The number of ether oxygens (including phenoxy) is 2. The van der Waals surface area contributed by atoms with Crippen LogP contribution < -0.4 is 20.7 Å². The highest BCUT2D eigenvalue weighted by molar-refractivity contribution is 7.89. The zero-order chi connectivity index (χ0) is 37.0. The van der Waals surface area contributed by atoms with Crippen LogP contribution in [-0.4, -0.2) is 69.4 Å². The van der Waals surface area contributed by atoms with Crippen LogP contribution in [0.2, 0.25) is 5.02 Å². The fourth-order valence-corrected chi connectivity index (χ4v) is 8.27. The molecule has 0 aromatic heterocycles. The lowest BCUT2D eigenvalue weighted by Gasteiger charge is -2.40. The largest absolute Gasteiger partial charge is 0.573 e. The minimum Gasteiger partial charge on any atom is -0.452 e. The lowest BCUT2D eigenvalue weighted by molar-refractivity contribution is -0.274. The van der Waals surface area contributed by atoms with E-state index in [1.807, 2.05) is 13.8 Å². The van der Waals surface area contributed by atoms with E-state index in [2.05, 4.69) is 10.1 Å². The maximum atomic E-state index is 15.6. The maximum Gasteiger partial charge on any atom is 0.573 e. The number of benzene rings is 3. The number of sulfonamides is 1. The Balaban J connectivity index is 1.65. The molecule has 272 valence electrons. The Morgan fingerprint density at radius 3 is 2.28 bits per heavy atom. The Kier molecular flexibility index (Phi) is 12.5. The van der Waals surface area contributed by atoms with Gasteiger partial charge in [0.25, 0.3) is 5.91 Å². The van der Waals surface area contributed by atoms with Gasteiger partial charge in [-0.15, -0.1) is 13.2 Å². The normalized spacial score (nSPS) is 18.4. The molecule has 1 aliphatic rings. The molecule has 10 nitrogen and oxygen atoms in total. The third kappa shape index (κ3) is 8.93. The van der Waals surface area contributed by atoms with Crippen molar-refractivity contribution >= 4 is 39.3 Å². The zero-order valence-corrected chi connectivity index (χ0v) is 29.4. The van der Waals surface area contributed by atoms with Crippen LogP contribution in [0.4, 0.5) is 28.0 Å². The number of piperazine rings is 1. The molecule has 1 fully saturated rings. The number of rotatable bonds is 11. The van der Waals surface area contributed by atoms with Crippen molar-refractivity contribution in [2.75, 3.05) is 25.1 Å². The van der Waals surface area contributed by atoms with Crippen LogP contribution in [0.15, 0.2) is 71.6 Å². The number of nitrogens with one attached hydrogen (secondary N) is 1. The highest BCUT2D eigenvalue weighted by Crippen LogP contribution is 2.34. The SMILES string of the molecule is COC(=O)N(C(=O)[C@@H](N)[C@@H](c1ccc(Cl)cc1)C(C)C)c1cccc(F)c1CC[C@H]1CNC[C@H](C)N1S(=O)(=O)c1ccc(OC(F)(F)F)cc1. The lowest BCUT2D eigenvalue weighted by atomic mass is 9.82. The van der Waals surface area contributed by atoms with Crippen LogP contribution >= 0.6 is 11.6 Å². The minimum atomic E-state index is -4.95. The number of methoxy groups -OCH3 is 1. The number of amides is 2. The van der Waals surface area contributed by atoms with E-state index >= 15 is 4.39 Å². The quantitative estimate of drug-likeness (QED) is 0.221. The van der Waals surface area contributed by atoms with Gasteiger partial charge in [-0.2, -0.15) is 4.31 Å². The van der Waals surface area contributed by atoms with E-state index in [9.17, 15) is 31.2 Å². The first-order chi connectivity index (χ1) is 23.5. The van der Waals surface area contributed by atoms with E-state index in [4.69, 9.17) is 22.1 Å². The van der Waals surface area contributed by atoms with Crippen molar-refractivity contribution in [1.82, 2.24) is 9.62 Å². The Hall–Kier alpha value is -3.76. The van der Waals surface area contributed by atoms with E-state index < -0.39 is 64.0 Å². The average molecular weight is 743 g/mol. The smallest absolute Gasteiger partial charge is 0.452 e. The molecule has 0 spiro atoms. The molecular formula is C34H39ClF4N4O6S. The van der Waals surface area contributed by atoms with Crippen molar-refractivity contribution in [3.05, 3.63) is 88.7 Å². The van der Waals surface area contributed by atoms with Crippen LogP contribution in [0.3, 0.4) is 0 Å². The van der Waals surface area contributed by atoms with Crippen molar-refractivity contribution in [3.8, 4) is 5.75 Å². The molecule has 16 heteroatoms. The van der Waals surface area contributed by atoms with Crippen LogP contribution in [0.5, 0.6) is 5.75 Å². The third-order valence-electron chi connectivity index (χ3n) is 8.53. The summed E-state index contributed by atoms with van der Waals surface area (Å²) in [5.41, 5.74) is 7.10. The van der Waals surface area contributed by atoms with Gasteiger partial charge in [0, 0.05) is 41.7 Å². The van der Waals surface area contributed by atoms with Gasteiger partial charge in [-0.05, 0) is 79.8 Å². The number of nitrogens with two attached hydrogens (primary N) is 1. The molecule has 1 heterocycles. The summed E-state index contributed by atoms with van der Waals surface area (Å²) < 4.78 is 91.3. The molecular weight excluding hydrogens is 704 g/mol. The summed E-state index contributed by atoms with van der Waals surface area (Å²) in [4.78, 5) is 27.7. The first-order valence-corrected chi connectivity index (χ1v) is 17.6. The number of hydrogen-bond donors (Lipinski definition) is 2. The minimum absolute atomic E-state index is 0.0361. The summed E-state index contributed by atoms with van der Waals surface area (Å²) in [5, 5.41) is 3.64. The topological polar surface area (TPSA) is 131 Å². The highest BCUT2D eigenvalue weighted by atomic mass is 35.5. The molecule has 3 N–H and O–H groups in total. The van der Waals surface area contributed by atoms with Crippen molar-refractivity contribution in [2.24, 2.45) is 11.7 Å². The second kappa shape index (κ2) is 16.1. The summed E-state index contributed by atoms with van der Waals surface area (Å²) in [6, 6.07) is 11.9. The Bertz CT molecular complexity index is 1760. The van der Waals surface area contributed by atoms with Gasteiger partial charge < -0.3 is 20.5 Å². The summed E-state index contributed by atoms with van der Waals surface area (Å²) >= 11 is 6.06. The van der Waals surface area contributed by atoms with E-state index in [1.54, 1.807) is 31.2 Å². The van der Waals surface area contributed by atoms with Gasteiger partial charge in [0.05, 0.1) is 23.7 Å². The average Bonchev–Trinajstić information content (AvgIpc) is 3.04. The van der Waals surface area contributed by atoms with E-state index in [0.29, 0.717) is 15.5 Å². The molecule has 50 heavy (non-hydrogen) atoms. The Morgan fingerprint density at radius 1 is 1.06 bits per heavy atom. The number of carbonyl (C=O) groups excluding carboxylic acids is 2. The zero-order valence-electron chi connectivity index (χ0n) is 27.8. The standard InChI is InChI=1S/C34H39ClF4N4O6S/c1-20(2)30(22-8-10-23(35)11-9-22)31(40)32(44)42(33(45)48-4)29-7-5-6-28(36)27(29)17-12-24-19-41-18-21(3)43(24)50(46,47)26-15-13-25(14-16-26)49-34(37,38)39/h5-11,13-16,20-21,24,30-31,41H,12,17-19,40H2,1-4H3/t21-,24-,30+,31-/m0/s1. The van der Waals surface area contributed by atoms with Gasteiger partial charge in [-0.25, -0.2) is 22.5 Å². The van der Waals surface area contributed by atoms with E-state index in [1.165, 1.54) is 16.4 Å². The highest BCUT2D eigenvalue weighted by Gasteiger charge is 2.40. The Morgan fingerprint density at radius 2 is 1.70 bits per heavy atom. The second-order valence-corrected chi connectivity index (χ2v) is 14.6. The fourth-order valence-electron chi connectivity index (χ4n) is 6.30. The second-order valence-electron chi connectivity index (χ2n) is 12.3. The predicted octanol–water partition coefficient (Wildman–Crippen LogP) is 6.23. The first kappa shape index (κ1) is 39.0. The third-order valence-corrected chi connectivity index (χ3v) is 10.9. The fraction of sp³-hybridized carbons (Fsp3) is 0.412. The van der Waals surface area contributed by atoms with Gasteiger partial charge in [-0.3, -0.25) is 4.79 Å². The number of anilines is 1. The molecule has 0 bridgehead atoms. The number of nitrogens with zero attached hydrogens (tertiary/aromatic N) is 2. The monoisotopic (exact) mass is 742 g/mol. The van der Waals surface area contributed by atoms with E-state index in [-0.39, 0.29) is 48.0 Å². The van der Waals surface area contributed by atoms with Crippen LogP contribution in [-0.2, 0) is 26.0 Å². The molecule has 3 aromatic carbocycles. The van der Waals surface area contributed by atoms with Crippen molar-refractivity contribution in [2.45, 2.75) is 68.9 Å². The summed E-state index contributed by atoms with van der Waals surface area (Å²) in [6.07, 6.45) is -6.12. The number of carbonyl (C=O) groups is 2. The van der Waals surface area contributed by atoms with Crippen LogP contribution in [0, 0.1) is 11.7 Å². The summed E-state index contributed by atoms with van der Waals surface area (Å²) in [7, 11) is -3.18.